The average Bonchev–Trinajstić information content (AvgIpc) is 2.03. The van der Waals surface area contributed by atoms with Gasteiger partial charge in [0.25, 0.3) is 5.91 Å². The first-order valence-corrected chi connectivity index (χ1v) is 3.66. The van der Waals surface area contributed by atoms with E-state index >= 15 is 0 Å². The lowest BCUT2D eigenvalue weighted by Gasteiger charge is -2.10. The number of nitrogens with one attached hydrogen (secondary N) is 1. The summed E-state index contributed by atoms with van der Waals surface area (Å²) >= 11 is 0. The summed E-state index contributed by atoms with van der Waals surface area (Å²) in [6.45, 7) is 1.86. The molecule has 4 heteroatoms. The van der Waals surface area contributed by atoms with Crippen molar-refractivity contribution in [1.29, 1.82) is 0 Å². The summed E-state index contributed by atoms with van der Waals surface area (Å²) in [5.41, 5.74) is 0. The van der Waals surface area contributed by atoms with Gasteiger partial charge in [0.2, 0.25) is 0 Å². The van der Waals surface area contributed by atoms with Gasteiger partial charge in [0.1, 0.15) is 0 Å². The topological polar surface area (TPSA) is 29.1 Å². The summed E-state index contributed by atoms with van der Waals surface area (Å²) < 4.78 is 23.4. The molecule has 0 bridgehead atoms. The molecule has 0 aromatic rings. The molecule has 0 aromatic carbocycles. The molecule has 1 atom stereocenters. The zero-order valence-corrected chi connectivity index (χ0v) is 6.81. The van der Waals surface area contributed by atoms with Crippen LogP contribution in [0, 0.1) is 12.3 Å². The van der Waals surface area contributed by atoms with Crippen LogP contribution in [0.5, 0.6) is 0 Å². The van der Waals surface area contributed by atoms with Crippen molar-refractivity contribution in [2.75, 3.05) is 0 Å². The zero-order valence-electron chi connectivity index (χ0n) is 6.81. The standard InChI is InChI=1S/C8H11F2NO/c1-3-5-6(4-2)11-8(12)7(9)10/h2,6-7H,3,5H2,1H3,(H,11,12). The van der Waals surface area contributed by atoms with Crippen LogP contribution in [-0.4, -0.2) is 18.4 Å². The molecule has 0 saturated heterocycles. The Morgan fingerprint density at radius 3 is 2.58 bits per heavy atom. The number of hydrogen-bond acceptors (Lipinski definition) is 1. The molecule has 2 nitrogen and oxygen atoms in total. The van der Waals surface area contributed by atoms with E-state index in [-0.39, 0.29) is 0 Å². The van der Waals surface area contributed by atoms with Gasteiger partial charge in [0.15, 0.2) is 0 Å². The number of carbonyl (C=O) groups excluding carboxylic acids is 1. The summed E-state index contributed by atoms with van der Waals surface area (Å²) in [5.74, 6) is 0.924. The van der Waals surface area contributed by atoms with Crippen molar-refractivity contribution in [3.8, 4) is 12.3 Å². The molecule has 1 amide bonds. The van der Waals surface area contributed by atoms with E-state index in [1.807, 2.05) is 12.2 Å². The number of hydrogen-bond donors (Lipinski definition) is 1. The molecule has 0 heterocycles. The minimum absolute atomic E-state index is 0.523. The van der Waals surface area contributed by atoms with Crippen LogP contribution in [0.4, 0.5) is 8.78 Å². The van der Waals surface area contributed by atoms with E-state index in [0.717, 1.165) is 6.42 Å². The van der Waals surface area contributed by atoms with E-state index in [9.17, 15) is 13.6 Å². The Bertz CT molecular complexity index is 186. The van der Waals surface area contributed by atoms with Gasteiger partial charge in [0.05, 0.1) is 6.04 Å². The Morgan fingerprint density at radius 1 is 1.67 bits per heavy atom. The van der Waals surface area contributed by atoms with E-state index < -0.39 is 18.4 Å². The van der Waals surface area contributed by atoms with Crippen LogP contribution in [0.1, 0.15) is 19.8 Å². The second kappa shape index (κ2) is 5.53. The lowest BCUT2D eigenvalue weighted by molar-refractivity contribution is -0.132. The maximum Gasteiger partial charge on any atom is 0.315 e. The maximum absolute atomic E-state index is 11.7. The average molecular weight is 175 g/mol. The Labute approximate surface area is 70.3 Å². The largest absolute Gasteiger partial charge is 0.338 e. The fraction of sp³-hybridized carbons (Fsp3) is 0.625. The van der Waals surface area contributed by atoms with Crippen molar-refractivity contribution in [1.82, 2.24) is 5.32 Å². The second-order valence-corrected chi connectivity index (χ2v) is 2.32. The van der Waals surface area contributed by atoms with Crippen molar-refractivity contribution in [2.24, 2.45) is 0 Å². The van der Waals surface area contributed by atoms with Crippen molar-refractivity contribution in [3.63, 3.8) is 0 Å². The van der Waals surface area contributed by atoms with Crippen LogP contribution in [0.15, 0.2) is 0 Å². The van der Waals surface area contributed by atoms with Crippen molar-refractivity contribution < 1.29 is 13.6 Å². The Kier molecular flexibility index (Phi) is 5.02. The molecule has 0 radical (unpaired) electrons. The Morgan fingerprint density at radius 2 is 2.25 bits per heavy atom. The minimum atomic E-state index is -2.99. The molecule has 0 fully saturated rings. The normalized spacial score (nSPS) is 12.2. The van der Waals surface area contributed by atoms with Gasteiger partial charge in [-0.25, -0.2) is 0 Å². The molecule has 1 N–H and O–H groups in total. The third kappa shape index (κ3) is 3.91. The first kappa shape index (κ1) is 10.9. The number of halogens is 2. The van der Waals surface area contributed by atoms with Crippen LogP contribution in [0.2, 0.25) is 0 Å². The van der Waals surface area contributed by atoms with E-state index in [4.69, 9.17) is 6.42 Å². The Balaban J connectivity index is 3.88. The SMILES string of the molecule is C#CC(CCC)NC(=O)C(F)F. The van der Waals surface area contributed by atoms with Gasteiger partial charge in [-0.3, -0.25) is 4.79 Å². The quantitative estimate of drug-likeness (QED) is 0.638. The van der Waals surface area contributed by atoms with Gasteiger partial charge in [0, 0.05) is 0 Å². The molecule has 0 aliphatic heterocycles. The van der Waals surface area contributed by atoms with E-state index in [0.29, 0.717) is 6.42 Å². The summed E-state index contributed by atoms with van der Waals surface area (Å²) in [5, 5.41) is 2.04. The van der Waals surface area contributed by atoms with Crippen LogP contribution in [-0.2, 0) is 4.79 Å². The number of terminal acetylenes is 1. The molecule has 0 spiro atoms. The fourth-order valence-electron chi connectivity index (χ4n) is 0.721. The smallest absolute Gasteiger partial charge is 0.315 e. The van der Waals surface area contributed by atoms with Gasteiger partial charge in [-0.2, -0.15) is 8.78 Å². The molecule has 0 saturated carbocycles. The Hall–Kier alpha value is -1.11. The molecule has 0 aliphatic carbocycles. The monoisotopic (exact) mass is 175 g/mol. The predicted octanol–water partition coefficient (Wildman–Crippen LogP) is 1.17. The molecule has 0 rings (SSSR count). The van der Waals surface area contributed by atoms with Gasteiger partial charge >= 0.3 is 6.43 Å². The van der Waals surface area contributed by atoms with E-state index in [1.54, 1.807) is 0 Å². The van der Waals surface area contributed by atoms with E-state index in [2.05, 4.69) is 5.92 Å². The highest BCUT2D eigenvalue weighted by molar-refractivity contribution is 5.79. The molecule has 0 aromatic heterocycles. The lowest BCUT2D eigenvalue weighted by Crippen LogP contribution is -2.37. The highest BCUT2D eigenvalue weighted by atomic mass is 19.3. The summed E-state index contributed by atoms with van der Waals surface area (Å²) in [4.78, 5) is 10.4. The molecular weight excluding hydrogens is 164 g/mol. The van der Waals surface area contributed by atoms with Crippen molar-refractivity contribution >= 4 is 5.91 Å². The number of alkyl halides is 2. The predicted molar refractivity (Wildman–Crippen MR) is 41.7 cm³/mol. The zero-order chi connectivity index (χ0) is 9.56. The number of rotatable bonds is 4. The highest BCUT2D eigenvalue weighted by Crippen LogP contribution is 1.97. The molecule has 0 aliphatic rings. The molecule has 1 unspecified atom stereocenters. The molecule has 12 heavy (non-hydrogen) atoms. The van der Waals surface area contributed by atoms with Crippen molar-refractivity contribution in [2.45, 2.75) is 32.2 Å². The number of amides is 1. The van der Waals surface area contributed by atoms with Gasteiger partial charge in [-0.1, -0.05) is 19.3 Å². The fourth-order valence-corrected chi connectivity index (χ4v) is 0.721. The summed E-state index contributed by atoms with van der Waals surface area (Å²) in [7, 11) is 0. The summed E-state index contributed by atoms with van der Waals surface area (Å²) in [6, 6.07) is -0.573. The van der Waals surface area contributed by atoms with Crippen LogP contribution in [0.3, 0.4) is 0 Å². The number of carbonyl (C=O) groups is 1. The van der Waals surface area contributed by atoms with E-state index in [1.165, 1.54) is 0 Å². The second-order valence-electron chi connectivity index (χ2n) is 2.32. The third-order valence-corrected chi connectivity index (χ3v) is 1.29. The molecular formula is C8H11F2NO. The summed E-state index contributed by atoms with van der Waals surface area (Å²) in [6.07, 6.45) is 3.28. The maximum atomic E-state index is 11.7. The highest BCUT2D eigenvalue weighted by Gasteiger charge is 2.17. The van der Waals surface area contributed by atoms with Crippen LogP contribution >= 0.6 is 0 Å². The third-order valence-electron chi connectivity index (χ3n) is 1.29. The minimum Gasteiger partial charge on any atom is -0.338 e. The van der Waals surface area contributed by atoms with Gasteiger partial charge < -0.3 is 5.32 Å². The van der Waals surface area contributed by atoms with Crippen molar-refractivity contribution in [3.05, 3.63) is 0 Å². The van der Waals surface area contributed by atoms with Crippen LogP contribution < -0.4 is 5.32 Å². The van der Waals surface area contributed by atoms with Gasteiger partial charge in [-0.05, 0) is 6.42 Å². The first-order valence-electron chi connectivity index (χ1n) is 3.66. The lowest BCUT2D eigenvalue weighted by atomic mass is 10.2. The van der Waals surface area contributed by atoms with Crippen LogP contribution in [0.25, 0.3) is 0 Å². The van der Waals surface area contributed by atoms with Gasteiger partial charge in [-0.15, -0.1) is 6.42 Å². The first-order chi connectivity index (χ1) is 5.61. The molecule has 68 valence electrons.